The van der Waals surface area contributed by atoms with Crippen molar-refractivity contribution in [3.05, 3.63) is 42.1 Å². The van der Waals surface area contributed by atoms with Crippen LogP contribution in [0.3, 0.4) is 0 Å². The molecule has 112 valence electrons. The SMILES string of the molecule is CC1OC(C)C(C(NN)c2cccc3cccnc23)C1C. The summed E-state index contributed by atoms with van der Waals surface area (Å²) >= 11 is 0. The fourth-order valence-corrected chi connectivity index (χ4v) is 3.66. The number of rotatable bonds is 3. The second-order valence-electron chi connectivity index (χ2n) is 6.05. The second kappa shape index (κ2) is 5.72. The highest BCUT2D eigenvalue weighted by Crippen LogP contribution is 2.41. The van der Waals surface area contributed by atoms with Crippen molar-refractivity contribution in [2.24, 2.45) is 17.7 Å². The van der Waals surface area contributed by atoms with E-state index in [4.69, 9.17) is 10.6 Å². The van der Waals surface area contributed by atoms with E-state index in [0.717, 1.165) is 16.5 Å². The van der Waals surface area contributed by atoms with Crippen LogP contribution >= 0.6 is 0 Å². The van der Waals surface area contributed by atoms with Gasteiger partial charge in [0, 0.05) is 17.5 Å². The zero-order valence-corrected chi connectivity index (χ0v) is 12.8. The highest BCUT2D eigenvalue weighted by molar-refractivity contribution is 5.82. The molecule has 3 rings (SSSR count). The van der Waals surface area contributed by atoms with Crippen LogP contribution in [0.15, 0.2) is 36.5 Å². The molecule has 5 unspecified atom stereocenters. The van der Waals surface area contributed by atoms with Crippen LogP contribution in [-0.4, -0.2) is 17.2 Å². The van der Waals surface area contributed by atoms with Crippen LogP contribution in [0.2, 0.25) is 0 Å². The van der Waals surface area contributed by atoms with Gasteiger partial charge in [-0.2, -0.15) is 0 Å². The number of fused-ring (bicyclic) bond motifs is 1. The maximum atomic E-state index is 5.99. The van der Waals surface area contributed by atoms with E-state index in [1.807, 2.05) is 12.3 Å². The van der Waals surface area contributed by atoms with Crippen LogP contribution in [0.5, 0.6) is 0 Å². The lowest BCUT2D eigenvalue weighted by atomic mass is 9.80. The van der Waals surface area contributed by atoms with E-state index < -0.39 is 0 Å². The largest absolute Gasteiger partial charge is 0.375 e. The number of aromatic nitrogens is 1. The van der Waals surface area contributed by atoms with Crippen molar-refractivity contribution in [3.8, 4) is 0 Å². The lowest BCUT2D eigenvalue weighted by Gasteiger charge is -2.29. The van der Waals surface area contributed by atoms with E-state index in [-0.39, 0.29) is 18.2 Å². The van der Waals surface area contributed by atoms with Crippen LogP contribution in [0, 0.1) is 11.8 Å². The minimum atomic E-state index is 0.0403. The molecular weight excluding hydrogens is 262 g/mol. The molecule has 4 heteroatoms. The smallest absolute Gasteiger partial charge is 0.0750 e. The van der Waals surface area contributed by atoms with Gasteiger partial charge in [-0.15, -0.1) is 0 Å². The number of ether oxygens (including phenoxy) is 1. The van der Waals surface area contributed by atoms with Crippen LogP contribution in [-0.2, 0) is 4.74 Å². The average molecular weight is 285 g/mol. The molecule has 5 atom stereocenters. The maximum absolute atomic E-state index is 5.99. The number of para-hydroxylation sites is 1. The summed E-state index contributed by atoms with van der Waals surface area (Å²) in [5.74, 6) is 6.69. The van der Waals surface area contributed by atoms with Crippen molar-refractivity contribution < 1.29 is 4.74 Å². The van der Waals surface area contributed by atoms with Crippen LogP contribution in [0.25, 0.3) is 10.9 Å². The number of hydrazine groups is 1. The Morgan fingerprint density at radius 1 is 1.14 bits per heavy atom. The van der Waals surface area contributed by atoms with Crippen LogP contribution in [0.1, 0.15) is 32.4 Å². The summed E-state index contributed by atoms with van der Waals surface area (Å²) in [4.78, 5) is 4.55. The number of nitrogens with zero attached hydrogens (tertiary/aromatic N) is 1. The number of benzene rings is 1. The Labute approximate surface area is 125 Å². The molecule has 0 radical (unpaired) electrons. The Bertz CT molecular complexity index is 625. The van der Waals surface area contributed by atoms with Gasteiger partial charge in [-0.1, -0.05) is 31.2 Å². The van der Waals surface area contributed by atoms with E-state index in [1.165, 1.54) is 0 Å². The highest BCUT2D eigenvalue weighted by atomic mass is 16.5. The van der Waals surface area contributed by atoms with Crippen molar-refractivity contribution in [1.29, 1.82) is 0 Å². The fourth-order valence-electron chi connectivity index (χ4n) is 3.66. The summed E-state index contributed by atoms with van der Waals surface area (Å²) in [5.41, 5.74) is 5.18. The molecule has 4 nitrogen and oxygen atoms in total. The average Bonchev–Trinajstić information content (AvgIpc) is 2.75. The Balaban J connectivity index is 2.07. The summed E-state index contributed by atoms with van der Waals surface area (Å²) in [6.07, 6.45) is 2.26. The Hall–Kier alpha value is -1.49. The van der Waals surface area contributed by atoms with Gasteiger partial charge in [-0.3, -0.25) is 16.3 Å². The first-order valence-corrected chi connectivity index (χ1v) is 7.58. The number of hydrogen-bond donors (Lipinski definition) is 2. The third-order valence-electron chi connectivity index (χ3n) is 4.88. The minimum Gasteiger partial charge on any atom is -0.375 e. The summed E-state index contributed by atoms with van der Waals surface area (Å²) in [5, 5.41) is 1.14. The summed E-state index contributed by atoms with van der Waals surface area (Å²) < 4.78 is 5.99. The topological polar surface area (TPSA) is 60.2 Å². The maximum Gasteiger partial charge on any atom is 0.0750 e. The molecule has 0 aliphatic carbocycles. The summed E-state index contributed by atoms with van der Waals surface area (Å²) in [7, 11) is 0. The molecule has 2 heterocycles. The monoisotopic (exact) mass is 285 g/mol. The Morgan fingerprint density at radius 2 is 1.90 bits per heavy atom. The molecule has 21 heavy (non-hydrogen) atoms. The van der Waals surface area contributed by atoms with Gasteiger partial charge in [0.1, 0.15) is 0 Å². The van der Waals surface area contributed by atoms with Crippen molar-refractivity contribution in [3.63, 3.8) is 0 Å². The van der Waals surface area contributed by atoms with Crippen molar-refractivity contribution >= 4 is 10.9 Å². The van der Waals surface area contributed by atoms with Gasteiger partial charge in [0.15, 0.2) is 0 Å². The molecule has 2 aromatic rings. The Morgan fingerprint density at radius 3 is 2.57 bits per heavy atom. The molecule has 0 spiro atoms. The summed E-state index contributed by atoms with van der Waals surface area (Å²) in [6, 6.07) is 10.3. The van der Waals surface area contributed by atoms with Crippen LogP contribution < -0.4 is 11.3 Å². The van der Waals surface area contributed by atoms with Gasteiger partial charge >= 0.3 is 0 Å². The molecule has 1 aromatic carbocycles. The van der Waals surface area contributed by atoms with E-state index in [0.29, 0.717) is 11.8 Å². The van der Waals surface area contributed by atoms with E-state index in [9.17, 15) is 0 Å². The third kappa shape index (κ3) is 2.44. The lowest BCUT2D eigenvalue weighted by Crippen LogP contribution is -2.38. The standard InChI is InChI=1S/C17H23N3O/c1-10-11(2)21-12(3)15(10)17(20-18)14-8-4-6-13-7-5-9-19-16(13)14/h4-12,15,17,20H,18H2,1-3H3. The molecular formula is C17H23N3O. The number of hydrogen-bond acceptors (Lipinski definition) is 4. The third-order valence-corrected chi connectivity index (χ3v) is 4.88. The first kappa shape index (κ1) is 14.4. The molecule has 3 N–H and O–H groups in total. The van der Waals surface area contributed by atoms with Gasteiger partial charge < -0.3 is 4.74 Å². The van der Waals surface area contributed by atoms with E-state index in [1.54, 1.807) is 0 Å². The molecule has 1 aliphatic rings. The number of nitrogens with one attached hydrogen (secondary N) is 1. The van der Waals surface area contributed by atoms with Gasteiger partial charge in [0.25, 0.3) is 0 Å². The molecule has 1 fully saturated rings. The lowest BCUT2D eigenvalue weighted by molar-refractivity contribution is 0.0475. The van der Waals surface area contributed by atoms with Crippen LogP contribution in [0.4, 0.5) is 0 Å². The van der Waals surface area contributed by atoms with Crippen molar-refractivity contribution in [1.82, 2.24) is 10.4 Å². The minimum absolute atomic E-state index is 0.0403. The van der Waals surface area contributed by atoms with Gasteiger partial charge in [0.2, 0.25) is 0 Å². The Kier molecular flexibility index (Phi) is 3.93. The second-order valence-corrected chi connectivity index (χ2v) is 6.05. The van der Waals surface area contributed by atoms with Crippen molar-refractivity contribution in [2.45, 2.75) is 39.0 Å². The normalized spacial score (nSPS) is 30.7. The van der Waals surface area contributed by atoms with Crippen molar-refractivity contribution in [2.75, 3.05) is 0 Å². The quantitative estimate of drug-likeness (QED) is 0.672. The van der Waals surface area contributed by atoms with E-state index >= 15 is 0 Å². The zero-order valence-electron chi connectivity index (χ0n) is 12.8. The highest BCUT2D eigenvalue weighted by Gasteiger charge is 2.42. The first-order valence-electron chi connectivity index (χ1n) is 7.58. The predicted octanol–water partition coefficient (Wildman–Crippen LogP) is 2.80. The van der Waals surface area contributed by atoms with Gasteiger partial charge in [-0.05, 0) is 31.4 Å². The van der Waals surface area contributed by atoms with E-state index in [2.05, 4.69) is 55.4 Å². The fraction of sp³-hybridized carbons (Fsp3) is 0.471. The molecule has 1 saturated heterocycles. The molecule has 1 aromatic heterocycles. The molecule has 0 saturated carbocycles. The first-order chi connectivity index (χ1) is 10.1. The van der Waals surface area contributed by atoms with Gasteiger partial charge in [-0.25, -0.2) is 0 Å². The molecule has 1 aliphatic heterocycles. The predicted molar refractivity (Wildman–Crippen MR) is 84.5 cm³/mol. The number of nitrogens with two attached hydrogens (primary N) is 1. The number of pyridine rings is 1. The zero-order chi connectivity index (χ0) is 15.0. The molecule has 0 amide bonds. The molecule has 0 bridgehead atoms. The van der Waals surface area contributed by atoms with Gasteiger partial charge in [0.05, 0.1) is 23.8 Å². The summed E-state index contributed by atoms with van der Waals surface area (Å²) in [6.45, 7) is 6.51.